The first-order chi connectivity index (χ1) is 16.3. The Kier molecular flexibility index (Phi) is 7.40. The summed E-state index contributed by atoms with van der Waals surface area (Å²) in [6.45, 7) is 15.6. The minimum absolute atomic E-state index is 0.0551. The molecule has 0 spiro atoms. The molecule has 5 aliphatic rings. The highest BCUT2D eigenvalue weighted by Gasteiger charge is 2.58. The van der Waals surface area contributed by atoms with Gasteiger partial charge in [-0.25, -0.2) is 0 Å². The molecular weight excluding hydrogens is 416 g/mol. The zero-order chi connectivity index (χ0) is 23.9. The van der Waals surface area contributed by atoms with Crippen molar-refractivity contribution in [3.05, 3.63) is 23.8 Å². The Hall–Kier alpha value is -0.600. The molecule has 192 valence electrons. The highest BCUT2D eigenvalue weighted by Crippen LogP contribution is 2.67. The fourth-order valence-corrected chi connectivity index (χ4v) is 9.36. The van der Waals surface area contributed by atoms with E-state index >= 15 is 0 Å². The summed E-state index contributed by atoms with van der Waals surface area (Å²) in [7, 11) is 0. The van der Waals surface area contributed by atoms with Gasteiger partial charge in [0, 0.05) is 6.61 Å². The van der Waals surface area contributed by atoms with Crippen molar-refractivity contribution in [2.45, 2.75) is 130 Å². The van der Waals surface area contributed by atoms with Crippen molar-refractivity contribution in [1.82, 2.24) is 0 Å². The van der Waals surface area contributed by atoms with E-state index in [1.165, 1.54) is 77.0 Å². The summed E-state index contributed by atoms with van der Waals surface area (Å²) in [5, 5.41) is 0. The lowest BCUT2D eigenvalue weighted by Gasteiger charge is -2.58. The number of allylic oxidation sites excluding steroid dienone is 2. The normalized spacial score (nSPS) is 44.2. The Morgan fingerprint density at radius 2 is 1.94 bits per heavy atom. The van der Waals surface area contributed by atoms with Gasteiger partial charge in [-0.1, -0.05) is 57.9 Å². The first-order valence-electron chi connectivity index (χ1n) is 15.0. The highest BCUT2D eigenvalue weighted by molar-refractivity contribution is 5.26. The van der Waals surface area contributed by atoms with Crippen LogP contribution in [-0.4, -0.2) is 19.0 Å². The van der Waals surface area contributed by atoms with Crippen LogP contribution in [0.5, 0.6) is 0 Å². The number of hydrogen-bond acceptors (Lipinski definition) is 2. The molecule has 1 saturated heterocycles. The van der Waals surface area contributed by atoms with Crippen molar-refractivity contribution in [2.24, 2.45) is 40.4 Å². The lowest BCUT2D eigenvalue weighted by Crippen LogP contribution is -2.50. The van der Waals surface area contributed by atoms with Crippen molar-refractivity contribution < 1.29 is 9.47 Å². The van der Waals surface area contributed by atoms with Gasteiger partial charge >= 0.3 is 0 Å². The molecule has 0 aromatic carbocycles. The largest absolute Gasteiger partial charge is 0.353 e. The van der Waals surface area contributed by atoms with E-state index in [-0.39, 0.29) is 6.29 Å². The van der Waals surface area contributed by atoms with Crippen LogP contribution in [0.1, 0.15) is 118 Å². The summed E-state index contributed by atoms with van der Waals surface area (Å²) in [6, 6.07) is 0. The fraction of sp³-hybridized carbons (Fsp3) is 0.875. The van der Waals surface area contributed by atoms with E-state index in [0.717, 1.165) is 49.0 Å². The monoisotopic (exact) mass is 468 g/mol. The Balaban J connectivity index is 1.25. The zero-order valence-corrected chi connectivity index (χ0v) is 22.7. The van der Waals surface area contributed by atoms with Gasteiger partial charge in [0.2, 0.25) is 0 Å². The van der Waals surface area contributed by atoms with E-state index < -0.39 is 0 Å². The Morgan fingerprint density at radius 1 is 1.09 bits per heavy atom. The van der Waals surface area contributed by atoms with E-state index in [4.69, 9.17) is 9.47 Å². The van der Waals surface area contributed by atoms with Crippen molar-refractivity contribution >= 4 is 0 Å². The number of fused-ring (bicyclic) bond motifs is 5. The van der Waals surface area contributed by atoms with Crippen LogP contribution in [0.15, 0.2) is 23.8 Å². The minimum Gasteiger partial charge on any atom is -0.353 e. The van der Waals surface area contributed by atoms with E-state index in [0.29, 0.717) is 16.9 Å². The molecule has 4 aliphatic carbocycles. The third-order valence-corrected chi connectivity index (χ3v) is 11.3. The predicted octanol–water partition coefficient (Wildman–Crippen LogP) is 8.86. The van der Waals surface area contributed by atoms with E-state index in [2.05, 4.69) is 40.3 Å². The SMILES string of the molecule is C=C(CCCC(C)C)C1CCC2C3CC=C4C[C@@H](OC5CCCCO5)CCC4(C)C3CCC12C. The van der Waals surface area contributed by atoms with Gasteiger partial charge in [0.05, 0.1) is 6.10 Å². The summed E-state index contributed by atoms with van der Waals surface area (Å²) in [6.07, 6.45) is 21.3. The molecule has 0 amide bonds. The molecule has 0 N–H and O–H groups in total. The molecule has 4 fully saturated rings. The number of ether oxygens (including phenoxy) is 2. The summed E-state index contributed by atoms with van der Waals surface area (Å²) in [5.74, 6) is 4.25. The second-order valence-electron chi connectivity index (χ2n) is 13.7. The second-order valence-corrected chi connectivity index (χ2v) is 13.7. The molecule has 0 bridgehead atoms. The molecule has 34 heavy (non-hydrogen) atoms. The minimum atomic E-state index is 0.0551. The first-order valence-corrected chi connectivity index (χ1v) is 15.0. The maximum Gasteiger partial charge on any atom is 0.157 e. The highest BCUT2D eigenvalue weighted by atomic mass is 16.7. The molecule has 2 heteroatoms. The molecule has 1 aliphatic heterocycles. The zero-order valence-electron chi connectivity index (χ0n) is 22.7. The van der Waals surface area contributed by atoms with Gasteiger partial charge in [-0.3, -0.25) is 0 Å². The standard InChI is InChI=1S/C32H52O2/c1-22(2)9-8-10-23(3)27-14-15-28-26-13-12-24-21-25(34-30-11-6-7-20-33-30)16-18-31(24,4)29(26)17-19-32(27,28)5/h12,22,25-30H,3,6-11,13-21H2,1-2,4-5H3/t25-,26?,27?,28?,29?,30?,31?,32?/m0/s1. The number of hydrogen-bond donors (Lipinski definition) is 0. The van der Waals surface area contributed by atoms with Crippen molar-refractivity contribution in [2.75, 3.05) is 6.61 Å². The van der Waals surface area contributed by atoms with Gasteiger partial charge in [0.25, 0.3) is 0 Å². The third kappa shape index (κ3) is 4.60. The van der Waals surface area contributed by atoms with Crippen LogP contribution in [0.3, 0.4) is 0 Å². The summed E-state index contributed by atoms with van der Waals surface area (Å²) in [4.78, 5) is 0. The summed E-state index contributed by atoms with van der Waals surface area (Å²) in [5.41, 5.74) is 4.22. The Bertz CT molecular complexity index is 761. The summed E-state index contributed by atoms with van der Waals surface area (Å²) >= 11 is 0. The van der Waals surface area contributed by atoms with Gasteiger partial charge in [-0.2, -0.15) is 0 Å². The molecule has 0 aromatic heterocycles. The van der Waals surface area contributed by atoms with Crippen molar-refractivity contribution in [3.8, 4) is 0 Å². The average Bonchev–Trinajstić information content (AvgIpc) is 3.17. The molecular formula is C32H52O2. The van der Waals surface area contributed by atoms with Crippen LogP contribution in [0.2, 0.25) is 0 Å². The molecule has 2 nitrogen and oxygen atoms in total. The predicted molar refractivity (Wildman–Crippen MR) is 141 cm³/mol. The smallest absolute Gasteiger partial charge is 0.157 e. The van der Waals surface area contributed by atoms with Gasteiger partial charge in [0.15, 0.2) is 6.29 Å². The van der Waals surface area contributed by atoms with Crippen LogP contribution in [-0.2, 0) is 9.47 Å². The molecule has 7 unspecified atom stereocenters. The average molecular weight is 469 g/mol. The Labute approximate surface area is 210 Å². The summed E-state index contributed by atoms with van der Waals surface area (Å²) < 4.78 is 12.4. The maximum absolute atomic E-state index is 6.46. The lowest BCUT2D eigenvalue weighted by atomic mass is 9.47. The fourth-order valence-electron chi connectivity index (χ4n) is 9.36. The van der Waals surface area contributed by atoms with Gasteiger partial charge in [-0.05, 0) is 124 Å². The van der Waals surface area contributed by atoms with Crippen LogP contribution in [0, 0.1) is 40.4 Å². The van der Waals surface area contributed by atoms with Crippen LogP contribution < -0.4 is 0 Å². The lowest BCUT2D eigenvalue weighted by molar-refractivity contribution is -0.195. The van der Waals surface area contributed by atoms with Crippen molar-refractivity contribution in [3.63, 3.8) is 0 Å². The van der Waals surface area contributed by atoms with Crippen molar-refractivity contribution in [1.29, 1.82) is 0 Å². The van der Waals surface area contributed by atoms with Gasteiger partial charge < -0.3 is 9.47 Å². The first kappa shape index (κ1) is 25.1. The van der Waals surface area contributed by atoms with Crippen LogP contribution in [0.25, 0.3) is 0 Å². The quantitative estimate of drug-likeness (QED) is 0.347. The van der Waals surface area contributed by atoms with Gasteiger partial charge in [0.1, 0.15) is 0 Å². The molecule has 8 atom stereocenters. The van der Waals surface area contributed by atoms with Gasteiger partial charge in [-0.15, -0.1) is 0 Å². The molecule has 5 rings (SSSR count). The second kappa shape index (κ2) is 10.0. The maximum atomic E-state index is 6.46. The van der Waals surface area contributed by atoms with Crippen LogP contribution in [0.4, 0.5) is 0 Å². The van der Waals surface area contributed by atoms with E-state index in [9.17, 15) is 0 Å². The third-order valence-electron chi connectivity index (χ3n) is 11.3. The topological polar surface area (TPSA) is 18.5 Å². The Morgan fingerprint density at radius 3 is 2.71 bits per heavy atom. The molecule has 0 aromatic rings. The van der Waals surface area contributed by atoms with E-state index in [1.807, 2.05) is 0 Å². The molecule has 3 saturated carbocycles. The molecule has 0 radical (unpaired) electrons. The number of rotatable bonds is 7. The van der Waals surface area contributed by atoms with Crippen LogP contribution >= 0.6 is 0 Å². The molecule has 1 heterocycles. The van der Waals surface area contributed by atoms with E-state index in [1.54, 1.807) is 11.1 Å².